The van der Waals surface area contributed by atoms with Gasteiger partial charge >= 0.3 is 0 Å². The van der Waals surface area contributed by atoms with Crippen molar-refractivity contribution in [2.75, 3.05) is 6.61 Å². The number of carbonyl (C=O) groups is 1. The van der Waals surface area contributed by atoms with Crippen molar-refractivity contribution < 1.29 is 14.6 Å². The molecule has 0 spiro atoms. The van der Waals surface area contributed by atoms with Crippen LogP contribution in [-0.2, 0) is 12.8 Å². The number of fused-ring (bicyclic) bond motifs is 3. The summed E-state index contributed by atoms with van der Waals surface area (Å²) < 4.78 is 5.56. The number of ether oxygens (including phenoxy) is 1. The van der Waals surface area contributed by atoms with Crippen LogP contribution in [0.25, 0.3) is 0 Å². The first-order valence-corrected chi connectivity index (χ1v) is 5.25. The number of hydrogen-bond donors (Lipinski definition) is 1. The van der Waals surface area contributed by atoms with Gasteiger partial charge in [-0.15, -0.1) is 0 Å². The van der Waals surface area contributed by atoms with Crippen molar-refractivity contribution in [2.24, 2.45) is 0 Å². The first-order chi connectivity index (χ1) is 7.29. The Morgan fingerprint density at radius 1 is 1.33 bits per heavy atom. The highest BCUT2D eigenvalue weighted by molar-refractivity contribution is 6.01. The molecule has 1 heterocycles. The Bertz CT molecular complexity index is 437. The molecule has 1 aliphatic heterocycles. The molecule has 0 saturated carbocycles. The largest absolute Gasteiger partial charge is 0.487 e. The predicted molar refractivity (Wildman–Crippen MR) is 54.3 cm³/mol. The van der Waals surface area contributed by atoms with Crippen LogP contribution < -0.4 is 4.74 Å². The topological polar surface area (TPSA) is 46.5 Å². The summed E-state index contributed by atoms with van der Waals surface area (Å²) in [4.78, 5) is 11.5. The van der Waals surface area contributed by atoms with Crippen LogP contribution in [0.4, 0.5) is 0 Å². The molecular formula is C12H12O3. The molecule has 0 amide bonds. The standard InChI is InChI=1S/C12H12O3/c13-6-7-5-10-8-1-3-11(14)9(8)2-4-12(10)15-7/h2,4,7,13H,1,3,5-6H2/t7-/m0/s1. The molecule has 0 fully saturated rings. The molecule has 0 aromatic heterocycles. The number of aliphatic hydroxyl groups is 1. The van der Waals surface area contributed by atoms with Crippen molar-refractivity contribution in [1.82, 2.24) is 0 Å². The highest BCUT2D eigenvalue weighted by Gasteiger charge is 2.30. The minimum atomic E-state index is -0.123. The maximum atomic E-state index is 11.5. The van der Waals surface area contributed by atoms with Crippen LogP contribution in [0.2, 0.25) is 0 Å². The summed E-state index contributed by atoms with van der Waals surface area (Å²) in [6, 6.07) is 3.70. The predicted octanol–water partition coefficient (Wildman–Crippen LogP) is 1.11. The van der Waals surface area contributed by atoms with Crippen molar-refractivity contribution in [3.63, 3.8) is 0 Å². The van der Waals surface area contributed by atoms with Gasteiger partial charge in [-0.25, -0.2) is 0 Å². The average molecular weight is 204 g/mol. The van der Waals surface area contributed by atoms with Gasteiger partial charge in [-0.2, -0.15) is 0 Å². The van der Waals surface area contributed by atoms with Gasteiger partial charge < -0.3 is 9.84 Å². The summed E-state index contributed by atoms with van der Waals surface area (Å²) in [6.45, 7) is 0.0391. The van der Waals surface area contributed by atoms with Crippen molar-refractivity contribution in [3.8, 4) is 5.75 Å². The number of carbonyl (C=O) groups excluding carboxylic acids is 1. The van der Waals surface area contributed by atoms with Crippen LogP contribution in [0.1, 0.15) is 27.9 Å². The lowest BCUT2D eigenvalue weighted by atomic mass is 10.00. The Morgan fingerprint density at radius 2 is 2.20 bits per heavy atom. The molecule has 1 aliphatic carbocycles. The fraction of sp³-hybridized carbons (Fsp3) is 0.417. The van der Waals surface area contributed by atoms with Crippen LogP contribution in [0.3, 0.4) is 0 Å². The summed E-state index contributed by atoms with van der Waals surface area (Å²) in [5, 5.41) is 9.05. The van der Waals surface area contributed by atoms with E-state index in [9.17, 15) is 4.79 Å². The quantitative estimate of drug-likeness (QED) is 0.745. The molecule has 1 aromatic rings. The zero-order chi connectivity index (χ0) is 10.4. The molecule has 2 aliphatic rings. The maximum Gasteiger partial charge on any atom is 0.163 e. The molecule has 15 heavy (non-hydrogen) atoms. The van der Waals surface area contributed by atoms with E-state index in [-0.39, 0.29) is 18.5 Å². The van der Waals surface area contributed by atoms with Gasteiger partial charge in [-0.3, -0.25) is 4.79 Å². The molecule has 1 aromatic carbocycles. The van der Waals surface area contributed by atoms with E-state index < -0.39 is 0 Å². The van der Waals surface area contributed by atoms with Crippen LogP contribution in [0.5, 0.6) is 5.75 Å². The molecule has 3 nitrogen and oxygen atoms in total. The highest BCUT2D eigenvalue weighted by atomic mass is 16.5. The van der Waals surface area contributed by atoms with Crippen molar-refractivity contribution in [3.05, 3.63) is 28.8 Å². The van der Waals surface area contributed by atoms with Gasteiger partial charge in [0.25, 0.3) is 0 Å². The Balaban J connectivity index is 2.09. The Labute approximate surface area is 87.7 Å². The monoisotopic (exact) mass is 204 g/mol. The lowest BCUT2D eigenvalue weighted by molar-refractivity contribution is 0.0994. The Hall–Kier alpha value is -1.35. The van der Waals surface area contributed by atoms with E-state index in [1.807, 2.05) is 12.1 Å². The van der Waals surface area contributed by atoms with Crippen molar-refractivity contribution >= 4 is 5.78 Å². The maximum absolute atomic E-state index is 11.5. The van der Waals surface area contributed by atoms with Gasteiger partial charge in [-0.1, -0.05) is 0 Å². The molecule has 0 saturated heterocycles. The third-order valence-electron chi connectivity index (χ3n) is 3.22. The van der Waals surface area contributed by atoms with Crippen molar-refractivity contribution in [2.45, 2.75) is 25.4 Å². The minimum Gasteiger partial charge on any atom is -0.487 e. The molecule has 1 N–H and O–H groups in total. The lowest BCUT2D eigenvalue weighted by Crippen LogP contribution is -2.17. The summed E-state index contributed by atoms with van der Waals surface area (Å²) in [5.41, 5.74) is 3.14. The second kappa shape index (κ2) is 3.07. The van der Waals surface area contributed by atoms with Crippen LogP contribution in [-0.4, -0.2) is 23.6 Å². The molecule has 78 valence electrons. The second-order valence-corrected chi connectivity index (χ2v) is 4.12. The lowest BCUT2D eigenvalue weighted by Gasteiger charge is -2.05. The Morgan fingerprint density at radius 3 is 3.00 bits per heavy atom. The number of ketones is 1. The first kappa shape index (κ1) is 8.92. The average Bonchev–Trinajstić information content (AvgIpc) is 2.81. The number of aliphatic hydroxyl groups excluding tert-OH is 1. The van der Waals surface area contributed by atoms with E-state index in [4.69, 9.17) is 9.84 Å². The zero-order valence-electron chi connectivity index (χ0n) is 8.32. The normalized spacial score (nSPS) is 22.5. The molecule has 3 rings (SSSR count). The minimum absolute atomic E-state index is 0.0391. The third-order valence-corrected chi connectivity index (χ3v) is 3.22. The van der Waals surface area contributed by atoms with E-state index in [0.717, 1.165) is 35.3 Å². The molecule has 0 unspecified atom stereocenters. The van der Waals surface area contributed by atoms with Gasteiger partial charge in [0.2, 0.25) is 0 Å². The first-order valence-electron chi connectivity index (χ1n) is 5.25. The zero-order valence-corrected chi connectivity index (χ0v) is 8.32. The molecular weight excluding hydrogens is 192 g/mol. The van der Waals surface area contributed by atoms with E-state index in [1.54, 1.807) is 0 Å². The summed E-state index contributed by atoms with van der Waals surface area (Å²) in [7, 11) is 0. The number of Topliss-reactive ketones (excluding diaryl/α,β-unsaturated/α-hetero) is 1. The molecule has 3 heteroatoms. The van der Waals surface area contributed by atoms with Crippen LogP contribution >= 0.6 is 0 Å². The van der Waals surface area contributed by atoms with Crippen LogP contribution in [0.15, 0.2) is 12.1 Å². The third kappa shape index (κ3) is 1.20. The molecule has 0 bridgehead atoms. The van der Waals surface area contributed by atoms with Crippen LogP contribution in [0, 0.1) is 0 Å². The summed E-state index contributed by atoms with van der Waals surface area (Å²) >= 11 is 0. The fourth-order valence-corrected chi connectivity index (χ4v) is 2.48. The van der Waals surface area contributed by atoms with E-state index >= 15 is 0 Å². The summed E-state index contributed by atoms with van der Waals surface area (Å²) in [6.07, 6.45) is 2.07. The fourth-order valence-electron chi connectivity index (χ4n) is 2.48. The van der Waals surface area contributed by atoms with E-state index in [2.05, 4.69) is 0 Å². The van der Waals surface area contributed by atoms with Gasteiger partial charge in [0.15, 0.2) is 5.78 Å². The number of hydrogen-bond acceptors (Lipinski definition) is 3. The number of benzene rings is 1. The SMILES string of the molecule is O=C1CCc2c1ccc1c2C[C@@H](CO)O1. The van der Waals surface area contributed by atoms with E-state index in [0.29, 0.717) is 6.42 Å². The smallest absolute Gasteiger partial charge is 0.163 e. The second-order valence-electron chi connectivity index (χ2n) is 4.12. The van der Waals surface area contributed by atoms with Gasteiger partial charge in [0.05, 0.1) is 6.61 Å². The van der Waals surface area contributed by atoms with Gasteiger partial charge in [0.1, 0.15) is 11.9 Å². The summed E-state index contributed by atoms with van der Waals surface area (Å²) in [5.74, 6) is 1.09. The number of rotatable bonds is 1. The highest BCUT2D eigenvalue weighted by Crippen LogP contribution is 2.37. The molecule has 1 atom stereocenters. The van der Waals surface area contributed by atoms with E-state index in [1.165, 1.54) is 0 Å². The Kier molecular flexibility index (Phi) is 1.83. The van der Waals surface area contributed by atoms with Gasteiger partial charge in [0, 0.05) is 24.0 Å². The van der Waals surface area contributed by atoms with Gasteiger partial charge in [-0.05, 0) is 24.1 Å². The van der Waals surface area contributed by atoms with Crippen molar-refractivity contribution in [1.29, 1.82) is 0 Å². The molecule has 0 radical (unpaired) electrons.